The first-order chi connectivity index (χ1) is 14.4. The first kappa shape index (κ1) is 28.0. The van der Waals surface area contributed by atoms with Crippen molar-refractivity contribution in [3.63, 3.8) is 0 Å². The van der Waals surface area contributed by atoms with Gasteiger partial charge in [0, 0.05) is 0 Å². The quantitative estimate of drug-likeness (QED) is 0.268. The molecule has 0 spiro atoms. The number of benzene rings is 2. The fourth-order valence-electron chi connectivity index (χ4n) is 3.47. The number of ether oxygens (including phenoxy) is 1. The Morgan fingerprint density at radius 2 is 1.42 bits per heavy atom. The molecule has 2 aromatic carbocycles. The molecule has 0 aromatic heterocycles. The van der Waals surface area contributed by atoms with Crippen molar-refractivity contribution in [2.75, 3.05) is 0 Å². The SMILES string of the molecule is CCCCCCCCCCCCc1cc(Oc2ccccc2)c([O-])c(S(=O)(=O)O)c1.[Na+]. The topological polar surface area (TPSA) is 86.7 Å². The largest absolute Gasteiger partial charge is 1.00 e. The molecular formula is C24H33NaO5S. The second-order valence-corrected chi connectivity index (χ2v) is 9.13. The summed E-state index contributed by atoms with van der Waals surface area (Å²) in [4.78, 5) is -0.627. The van der Waals surface area contributed by atoms with E-state index in [9.17, 15) is 18.1 Å². The Morgan fingerprint density at radius 1 is 0.871 bits per heavy atom. The van der Waals surface area contributed by atoms with Gasteiger partial charge in [-0.15, -0.1) is 0 Å². The summed E-state index contributed by atoms with van der Waals surface area (Å²) in [6, 6.07) is 11.6. The minimum absolute atomic E-state index is 0. The van der Waals surface area contributed by atoms with Crippen molar-refractivity contribution < 1.29 is 52.4 Å². The fraction of sp³-hybridized carbons (Fsp3) is 0.500. The molecule has 0 amide bonds. The molecule has 0 fully saturated rings. The molecule has 0 atom stereocenters. The van der Waals surface area contributed by atoms with E-state index in [0.717, 1.165) is 19.3 Å². The third kappa shape index (κ3) is 10.4. The molecule has 7 heteroatoms. The van der Waals surface area contributed by atoms with Gasteiger partial charge in [0.2, 0.25) is 0 Å². The van der Waals surface area contributed by atoms with Crippen LogP contribution in [0.2, 0.25) is 0 Å². The third-order valence-electron chi connectivity index (χ3n) is 5.15. The van der Waals surface area contributed by atoms with Crippen LogP contribution >= 0.6 is 0 Å². The van der Waals surface area contributed by atoms with Crippen LogP contribution < -0.4 is 39.4 Å². The van der Waals surface area contributed by atoms with Crippen LogP contribution in [0.1, 0.15) is 76.7 Å². The number of unbranched alkanes of at least 4 members (excludes halogenated alkanes) is 9. The third-order valence-corrected chi connectivity index (χ3v) is 6.01. The standard InChI is InChI=1S/C24H34O5S.Na/c1-2-3-4-5-6-7-8-9-10-12-15-20-18-22(29-21-16-13-11-14-17-21)24(25)23(19-20)30(26,27)28;/h11,13-14,16-19,25H,2-10,12,15H2,1H3,(H,26,27,28);/q;+1/p-1. The average molecular weight is 457 g/mol. The minimum atomic E-state index is -4.62. The van der Waals surface area contributed by atoms with E-state index >= 15 is 0 Å². The summed E-state index contributed by atoms with van der Waals surface area (Å²) in [6.07, 6.45) is 12.7. The minimum Gasteiger partial charge on any atom is -0.869 e. The first-order valence-electron chi connectivity index (χ1n) is 11.0. The van der Waals surface area contributed by atoms with Crippen LogP contribution in [0.15, 0.2) is 47.4 Å². The number of hydrogen-bond donors (Lipinski definition) is 1. The summed E-state index contributed by atoms with van der Waals surface area (Å²) in [5.41, 5.74) is 0.674. The van der Waals surface area contributed by atoms with Crippen LogP contribution in [0.3, 0.4) is 0 Å². The maximum atomic E-state index is 12.5. The van der Waals surface area contributed by atoms with Gasteiger partial charge in [-0.2, -0.15) is 8.42 Å². The smallest absolute Gasteiger partial charge is 0.869 e. The van der Waals surface area contributed by atoms with Crippen molar-refractivity contribution in [3.8, 4) is 17.2 Å². The van der Waals surface area contributed by atoms with E-state index in [4.69, 9.17) is 4.74 Å². The van der Waals surface area contributed by atoms with E-state index in [2.05, 4.69) is 6.92 Å². The van der Waals surface area contributed by atoms with Gasteiger partial charge < -0.3 is 9.84 Å². The van der Waals surface area contributed by atoms with E-state index in [0.29, 0.717) is 17.7 Å². The van der Waals surface area contributed by atoms with Crippen molar-refractivity contribution in [3.05, 3.63) is 48.0 Å². The molecule has 1 N–H and O–H groups in total. The number of rotatable bonds is 14. The van der Waals surface area contributed by atoms with Gasteiger partial charge in [-0.25, -0.2) is 0 Å². The van der Waals surface area contributed by atoms with Gasteiger partial charge in [-0.3, -0.25) is 4.55 Å². The molecular weight excluding hydrogens is 423 g/mol. The molecule has 0 aliphatic rings. The molecule has 5 nitrogen and oxygen atoms in total. The fourth-order valence-corrected chi connectivity index (χ4v) is 4.11. The van der Waals surface area contributed by atoms with E-state index in [-0.39, 0.29) is 35.3 Å². The molecule has 2 rings (SSSR count). The number of aryl methyl sites for hydroxylation is 1. The van der Waals surface area contributed by atoms with E-state index in [1.54, 1.807) is 30.3 Å². The van der Waals surface area contributed by atoms with Gasteiger partial charge in [0.1, 0.15) is 11.5 Å². The van der Waals surface area contributed by atoms with Crippen LogP contribution in [0.4, 0.5) is 0 Å². The zero-order valence-corrected chi connectivity index (χ0v) is 21.6. The Hall–Kier alpha value is -1.05. The van der Waals surface area contributed by atoms with Crippen LogP contribution in [0.25, 0.3) is 0 Å². The maximum absolute atomic E-state index is 12.5. The van der Waals surface area contributed by atoms with Gasteiger partial charge in [-0.1, -0.05) is 82.9 Å². The second kappa shape index (κ2) is 14.9. The van der Waals surface area contributed by atoms with E-state index in [1.165, 1.54) is 51.0 Å². The summed E-state index contributed by atoms with van der Waals surface area (Å²) >= 11 is 0. The van der Waals surface area contributed by atoms with Gasteiger partial charge >= 0.3 is 29.6 Å². The van der Waals surface area contributed by atoms with E-state index < -0.39 is 20.8 Å². The molecule has 0 unspecified atom stereocenters. The van der Waals surface area contributed by atoms with Gasteiger partial charge in [0.25, 0.3) is 10.1 Å². The molecule has 0 bridgehead atoms. The van der Waals surface area contributed by atoms with Gasteiger partial charge in [0.05, 0.1) is 4.90 Å². The van der Waals surface area contributed by atoms with E-state index in [1.807, 2.05) is 6.07 Å². The molecule has 0 aliphatic carbocycles. The van der Waals surface area contributed by atoms with Crippen molar-refractivity contribution in [1.29, 1.82) is 0 Å². The Morgan fingerprint density at radius 3 is 1.97 bits per heavy atom. The van der Waals surface area contributed by atoms with Gasteiger partial charge in [-0.05, 0) is 48.4 Å². The second-order valence-electron chi connectivity index (χ2n) is 7.74. The van der Waals surface area contributed by atoms with Crippen molar-refractivity contribution >= 4 is 10.1 Å². The zero-order chi connectivity index (χ0) is 21.8. The predicted octanol–water partition coefficient (Wildman–Crippen LogP) is 3.27. The Balaban J connectivity index is 0.00000480. The molecule has 0 heterocycles. The van der Waals surface area contributed by atoms with Gasteiger partial charge in [0.15, 0.2) is 0 Å². The summed E-state index contributed by atoms with van der Waals surface area (Å²) in [5, 5.41) is 12.5. The normalized spacial score (nSPS) is 11.2. The Bertz CT molecular complexity index is 869. The summed E-state index contributed by atoms with van der Waals surface area (Å²) in [7, 11) is -4.62. The molecule has 0 radical (unpaired) electrons. The van der Waals surface area contributed by atoms with Crippen molar-refractivity contribution in [2.24, 2.45) is 0 Å². The van der Waals surface area contributed by atoms with Crippen LogP contribution in [-0.2, 0) is 16.5 Å². The molecule has 2 aromatic rings. The molecule has 0 saturated heterocycles. The van der Waals surface area contributed by atoms with Crippen LogP contribution in [0, 0.1) is 0 Å². The monoisotopic (exact) mass is 456 g/mol. The molecule has 0 aliphatic heterocycles. The van der Waals surface area contributed by atoms with Crippen LogP contribution in [0.5, 0.6) is 17.2 Å². The molecule has 31 heavy (non-hydrogen) atoms. The Kier molecular flexibility index (Phi) is 13.5. The first-order valence-corrected chi connectivity index (χ1v) is 12.4. The van der Waals surface area contributed by atoms with Crippen LogP contribution in [-0.4, -0.2) is 13.0 Å². The Labute approximate surface area is 209 Å². The summed E-state index contributed by atoms with van der Waals surface area (Å²) < 4.78 is 38.4. The average Bonchev–Trinajstić information content (AvgIpc) is 2.71. The predicted molar refractivity (Wildman–Crippen MR) is 118 cm³/mol. The number of para-hydroxylation sites is 1. The molecule has 166 valence electrons. The summed E-state index contributed by atoms with van der Waals surface area (Å²) in [5.74, 6) is -0.474. The van der Waals surface area contributed by atoms with Crippen molar-refractivity contribution in [1.82, 2.24) is 0 Å². The van der Waals surface area contributed by atoms with Crippen molar-refractivity contribution in [2.45, 2.75) is 82.4 Å². The summed E-state index contributed by atoms with van der Waals surface area (Å²) in [6.45, 7) is 2.22. The number of hydrogen-bond acceptors (Lipinski definition) is 4. The maximum Gasteiger partial charge on any atom is 1.00 e. The molecule has 0 saturated carbocycles. The zero-order valence-electron chi connectivity index (χ0n) is 18.8.